The van der Waals surface area contributed by atoms with Crippen molar-refractivity contribution in [3.05, 3.63) is 23.8 Å². The first-order valence-electron chi connectivity index (χ1n) is 6.94. The Hall–Kier alpha value is -1.17. The number of hydrogen-bond donors (Lipinski definition) is 2. The topological polar surface area (TPSA) is 29.1 Å². The molecule has 0 unspecified atom stereocenters. The summed E-state index contributed by atoms with van der Waals surface area (Å²) in [7, 11) is 0. The van der Waals surface area contributed by atoms with Crippen molar-refractivity contribution in [1.82, 2.24) is 0 Å². The fourth-order valence-electron chi connectivity index (χ4n) is 2.64. The summed E-state index contributed by atoms with van der Waals surface area (Å²) in [6.07, 6.45) is 0.139. The van der Waals surface area contributed by atoms with Gasteiger partial charge in [-0.15, -0.1) is 12.6 Å². The van der Waals surface area contributed by atoms with Gasteiger partial charge < -0.3 is 5.32 Å². The van der Waals surface area contributed by atoms with Gasteiger partial charge >= 0.3 is 6.18 Å². The number of alkyl halides is 3. The van der Waals surface area contributed by atoms with Gasteiger partial charge in [-0.1, -0.05) is 26.2 Å². The average Bonchev–Trinajstić information content (AvgIpc) is 2.40. The Labute approximate surface area is 127 Å². The van der Waals surface area contributed by atoms with E-state index in [0.717, 1.165) is 44.2 Å². The van der Waals surface area contributed by atoms with Crippen LogP contribution in [0.3, 0.4) is 0 Å². The molecule has 1 amide bonds. The lowest BCUT2D eigenvalue weighted by Crippen LogP contribution is -2.35. The van der Waals surface area contributed by atoms with E-state index in [1.54, 1.807) is 0 Å². The summed E-state index contributed by atoms with van der Waals surface area (Å²) in [5, 5.41) is 2.62. The molecule has 0 radical (unpaired) electrons. The van der Waals surface area contributed by atoms with Crippen molar-refractivity contribution >= 4 is 24.2 Å². The minimum absolute atomic E-state index is 0.116. The van der Waals surface area contributed by atoms with E-state index in [9.17, 15) is 18.0 Å². The molecule has 0 aliphatic heterocycles. The standard InChI is InChI=1S/C15H18F3NOS/c1-14(7-3-2-4-8-14)13(20)19-11-9-10(15(16,17)18)5-6-12(11)21/h5-6,9,21H,2-4,7-8H2,1H3,(H,19,20). The van der Waals surface area contributed by atoms with Crippen molar-refractivity contribution in [2.45, 2.75) is 50.1 Å². The molecule has 6 heteroatoms. The molecule has 0 heterocycles. The Morgan fingerprint density at radius 2 is 1.86 bits per heavy atom. The number of anilines is 1. The lowest BCUT2D eigenvalue weighted by atomic mass is 9.75. The average molecular weight is 317 g/mol. The summed E-state index contributed by atoms with van der Waals surface area (Å²) < 4.78 is 38.2. The van der Waals surface area contributed by atoms with Crippen molar-refractivity contribution in [2.75, 3.05) is 5.32 Å². The monoisotopic (exact) mass is 317 g/mol. The number of carbonyl (C=O) groups excluding carboxylic acids is 1. The highest BCUT2D eigenvalue weighted by atomic mass is 32.1. The minimum atomic E-state index is -4.43. The maximum Gasteiger partial charge on any atom is 0.416 e. The Balaban J connectivity index is 2.20. The molecule has 1 aromatic rings. The summed E-state index contributed by atoms with van der Waals surface area (Å²) >= 11 is 4.12. The molecule has 1 aromatic carbocycles. The predicted octanol–water partition coefficient (Wildman–Crippen LogP) is 4.90. The van der Waals surface area contributed by atoms with Crippen LogP contribution in [-0.2, 0) is 11.0 Å². The quantitative estimate of drug-likeness (QED) is 0.746. The summed E-state index contributed by atoms with van der Waals surface area (Å²) in [5.41, 5.74) is -1.18. The highest BCUT2D eigenvalue weighted by Gasteiger charge is 2.35. The van der Waals surface area contributed by atoms with E-state index in [4.69, 9.17) is 0 Å². The molecule has 1 saturated carbocycles. The normalized spacial score (nSPS) is 18.3. The number of hydrogen-bond acceptors (Lipinski definition) is 2. The molecule has 1 aliphatic rings. The molecule has 21 heavy (non-hydrogen) atoms. The third-order valence-electron chi connectivity index (χ3n) is 4.08. The third-order valence-corrected chi connectivity index (χ3v) is 4.47. The highest BCUT2D eigenvalue weighted by molar-refractivity contribution is 7.80. The van der Waals surface area contributed by atoms with E-state index in [-0.39, 0.29) is 11.6 Å². The molecule has 2 nitrogen and oxygen atoms in total. The number of benzene rings is 1. The van der Waals surface area contributed by atoms with Gasteiger partial charge in [-0.2, -0.15) is 13.2 Å². The number of halogens is 3. The summed E-state index contributed by atoms with van der Waals surface area (Å²) in [6.45, 7) is 1.87. The number of nitrogens with one attached hydrogen (secondary N) is 1. The van der Waals surface area contributed by atoms with Gasteiger partial charge in [0.15, 0.2) is 0 Å². The zero-order valence-corrected chi connectivity index (χ0v) is 12.7. The van der Waals surface area contributed by atoms with Crippen LogP contribution in [0.15, 0.2) is 23.1 Å². The maximum absolute atomic E-state index is 12.7. The zero-order chi connectivity index (χ0) is 15.7. The summed E-state index contributed by atoms with van der Waals surface area (Å²) in [5.74, 6) is -0.225. The first-order chi connectivity index (χ1) is 9.72. The Morgan fingerprint density at radius 3 is 2.43 bits per heavy atom. The fourth-order valence-corrected chi connectivity index (χ4v) is 2.84. The van der Waals surface area contributed by atoms with E-state index >= 15 is 0 Å². The van der Waals surface area contributed by atoms with Crippen molar-refractivity contribution in [3.8, 4) is 0 Å². The van der Waals surface area contributed by atoms with Crippen LogP contribution in [-0.4, -0.2) is 5.91 Å². The summed E-state index contributed by atoms with van der Waals surface area (Å²) in [6, 6.07) is 3.15. The smallest absolute Gasteiger partial charge is 0.325 e. The molecule has 1 N–H and O–H groups in total. The van der Waals surface area contributed by atoms with Gasteiger partial charge in [-0.05, 0) is 31.0 Å². The number of carbonyl (C=O) groups is 1. The predicted molar refractivity (Wildman–Crippen MR) is 78.5 cm³/mol. The lowest BCUT2D eigenvalue weighted by molar-refractivity contribution is -0.137. The number of rotatable bonds is 2. The molecule has 116 valence electrons. The van der Waals surface area contributed by atoms with Crippen LogP contribution in [0.1, 0.15) is 44.6 Å². The van der Waals surface area contributed by atoms with Crippen LogP contribution in [0.5, 0.6) is 0 Å². The first kappa shape index (κ1) is 16.2. The van der Waals surface area contributed by atoms with E-state index in [1.807, 2.05) is 6.92 Å². The maximum atomic E-state index is 12.7. The third kappa shape index (κ3) is 3.73. The van der Waals surface area contributed by atoms with Gasteiger partial charge in [0, 0.05) is 10.3 Å². The van der Waals surface area contributed by atoms with Crippen molar-refractivity contribution < 1.29 is 18.0 Å². The van der Waals surface area contributed by atoms with Crippen molar-refractivity contribution in [1.29, 1.82) is 0 Å². The van der Waals surface area contributed by atoms with Crippen LogP contribution in [0.25, 0.3) is 0 Å². The number of amides is 1. The molecule has 0 saturated heterocycles. The van der Waals surface area contributed by atoms with Crippen LogP contribution >= 0.6 is 12.6 Å². The summed E-state index contributed by atoms with van der Waals surface area (Å²) in [4.78, 5) is 12.7. The lowest BCUT2D eigenvalue weighted by Gasteiger charge is -2.32. The molecule has 1 aliphatic carbocycles. The molecule has 2 rings (SSSR count). The van der Waals surface area contributed by atoms with Crippen LogP contribution in [0.4, 0.5) is 18.9 Å². The molecule has 0 atom stereocenters. The van der Waals surface area contributed by atoms with Crippen LogP contribution < -0.4 is 5.32 Å². The first-order valence-corrected chi connectivity index (χ1v) is 7.39. The van der Waals surface area contributed by atoms with Crippen LogP contribution in [0, 0.1) is 5.41 Å². The second-order valence-corrected chi connectivity index (χ2v) is 6.29. The SMILES string of the molecule is CC1(C(=O)Nc2cc(C(F)(F)F)ccc2S)CCCCC1. The Morgan fingerprint density at radius 1 is 1.24 bits per heavy atom. The second-order valence-electron chi connectivity index (χ2n) is 5.81. The van der Waals surface area contributed by atoms with Crippen molar-refractivity contribution in [2.24, 2.45) is 5.41 Å². The minimum Gasteiger partial charge on any atom is -0.325 e. The molecular weight excluding hydrogens is 299 g/mol. The largest absolute Gasteiger partial charge is 0.416 e. The van der Waals surface area contributed by atoms with Gasteiger partial charge in [-0.3, -0.25) is 4.79 Å². The Bertz CT molecular complexity index is 536. The van der Waals surface area contributed by atoms with E-state index in [0.29, 0.717) is 4.90 Å². The van der Waals surface area contributed by atoms with Gasteiger partial charge in [-0.25, -0.2) is 0 Å². The van der Waals surface area contributed by atoms with Gasteiger partial charge in [0.05, 0.1) is 11.3 Å². The fraction of sp³-hybridized carbons (Fsp3) is 0.533. The molecule has 1 fully saturated rings. The molecular formula is C15H18F3NOS. The van der Waals surface area contributed by atoms with E-state index in [2.05, 4.69) is 17.9 Å². The molecule has 0 aromatic heterocycles. The number of thiol groups is 1. The van der Waals surface area contributed by atoms with Gasteiger partial charge in [0.2, 0.25) is 5.91 Å². The van der Waals surface area contributed by atoms with E-state index in [1.165, 1.54) is 6.07 Å². The van der Waals surface area contributed by atoms with Crippen LogP contribution in [0.2, 0.25) is 0 Å². The highest BCUT2D eigenvalue weighted by Crippen LogP contribution is 2.38. The van der Waals surface area contributed by atoms with Gasteiger partial charge in [0.25, 0.3) is 0 Å². The Kier molecular flexibility index (Phi) is 4.56. The van der Waals surface area contributed by atoms with Gasteiger partial charge in [0.1, 0.15) is 0 Å². The molecule has 0 bridgehead atoms. The zero-order valence-electron chi connectivity index (χ0n) is 11.8. The second kappa shape index (κ2) is 5.91. The molecule has 0 spiro atoms. The van der Waals surface area contributed by atoms with Crippen molar-refractivity contribution in [3.63, 3.8) is 0 Å². The van der Waals surface area contributed by atoms with E-state index < -0.39 is 17.2 Å².